The second-order valence-electron chi connectivity index (χ2n) is 8.69. The highest BCUT2D eigenvalue weighted by Gasteiger charge is 2.44. The smallest absolute Gasteiger partial charge is 0.228 e. The number of fused-ring (bicyclic) bond motifs is 2. The molecule has 3 rings (SSSR count). The number of nitrogens with two attached hydrogens (primary N) is 1. The number of carbonyl (C=O) groups is 1. The Bertz CT molecular complexity index is 853. The molecule has 2 N–H and O–H groups in total. The highest BCUT2D eigenvalue weighted by molar-refractivity contribution is 5.91. The van der Waals surface area contributed by atoms with Gasteiger partial charge in [0.05, 0.1) is 5.41 Å². The zero-order valence-electron chi connectivity index (χ0n) is 18.5. The lowest BCUT2D eigenvalue weighted by Crippen LogP contribution is -2.47. The summed E-state index contributed by atoms with van der Waals surface area (Å²) in [5.41, 5.74) is 9.98. The van der Waals surface area contributed by atoms with Gasteiger partial charge >= 0.3 is 0 Å². The first kappa shape index (κ1) is 21.4. The standard InChI is InChI=1S/C25H35N3O/c1-6-27-22-13-9-7-11-20(22)17-25(24(26)29,21-12-8-10-14-23(21)27)15-16-28(18(2)3)19(4)5/h7-14,18-19H,6,15-17H2,1-5H3,(H2,26,29). The molecule has 1 unspecified atom stereocenters. The Kier molecular flexibility index (Phi) is 6.33. The van der Waals surface area contributed by atoms with E-state index in [4.69, 9.17) is 5.73 Å². The molecular formula is C25H35N3O. The molecule has 4 nitrogen and oxygen atoms in total. The molecule has 156 valence electrons. The molecule has 1 heterocycles. The van der Waals surface area contributed by atoms with E-state index >= 15 is 0 Å². The summed E-state index contributed by atoms with van der Waals surface area (Å²) in [4.78, 5) is 17.9. The van der Waals surface area contributed by atoms with Gasteiger partial charge in [0.25, 0.3) is 0 Å². The Labute approximate surface area is 175 Å². The number of rotatable bonds is 7. The number of nitrogens with zero attached hydrogens (tertiary/aromatic N) is 2. The molecule has 0 radical (unpaired) electrons. The lowest BCUT2D eigenvalue weighted by molar-refractivity contribution is -0.124. The molecule has 2 aromatic rings. The van der Waals surface area contributed by atoms with Crippen molar-refractivity contribution in [3.63, 3.8) is 0 Å². The number of primary amides is 1. The van der Waals surface area contributed by atoms with Crippen molar-refractivity contribution in [3.05, 3.63) is 59.7 Å². The van der Waals surface area contributed by atoms with Crippen molar-refractivity contribution in [1.82, 2.24) is 4.90 Å². The highest BCUT2D eigenvalue weighted by atomic mass is 16.1. The van der Waals surface area contributed by atoms with Crippen LogP contribution in [0.4, 0.5) is 11.4 Å². The monoisotopic (exact) mass is 393 g/mol. The lowest BCUT2D eigenvalue weighted by Gasteiger charge is -2.37. The van der Waals surface area contributed by atoms with Crippen LogP contribution in [0.5, 0.6) is 0 Å². The van der Waals surface area contributed by atoms with E-state index < -0.39 is 5.41 Å². The molecule has 0 aromatic heterocycles. The predicted molar refractivity (Wildman–Crippen MR) is 122 cm³/mol. The van der Waals surface area contributed by atoms with Gasteiger partial charge in [-0.15, -0.1) is 0 Å². The summed E-state index contributed by atoms with van der Waals surface area (Å²) in [7, 11) is 0. The fraction of sp³-hybridized carbons (Fsp3) is 0.480. The fourth-order valence-corrected chi connectivity index (χ4v) is 4.93. The average molecular weight is 394 g/mol. The molecule has 0 spiro atoms. The van der Waals surface area contributed by atoms with E-state index in [1.165, 1.54) is 11.3 Å². The van der Waals surface area contributed by atoms with Crippen LogP contribution in [0, 0.1) is 0 Å². The van der Waals surface area contributed by atoms with E-state index in [9.17, 15) is 4.79 Å². The Morgan fingerprint density at radius 2 is 1.62 bits per heavy atom. The maximum Gasteiger partial charge on any atom is 0.228 e. The van der Waals surface area contributed by atoms with E-state index in [1.807, 2.05) is 6.07 Å². The van der Waals surface area contributed by atoms with Crippen molar-refractivity contribution in [1.29, 1.82) is 0 Å². The van der Waals surface area contributed by atoms with Crippen molar-refractivity contribution in [2.75, 3.05) is 18.0 Å². The number of anilines is 2. The van der Waals surface area contributed by atoms with Crippen molar-refractivity contribution < 1.29 is 4.79 Å². The SMILES string of the molecule is CCN1c2ccccc2CC(CCN(C(C)C)C(C)C)(C(N)=O)c2ccccc21. The number of carbonyl (C=O) groups excluding carboxylic acids is 1. The van der Waals surface area contributed by atoms with Gasteiger partial charge in [-0.3, -0.25) is 9.69 Å². The zero-order chi connectivity index (χ0) is 21.2. The van der Waals surface area contributed by atoms with E-state index in [1.54, 1.807) is 0 Å². The maximum atomic E-state index is 13.1. The van der Waals surface area contributed by atoms with Crippen LogP contribution in [0.15, 0.2) is 48.5 Å². The number of hydrogen-bond donors (Lipinski definition) is 1. The molecule has 0 fully saturated rings. The predicted octanol–water partition coefficient (Wildman–Crippen LogP) is 4.63. The highest BCUT2D eigenvalue weighted by Crippen LogP contribution is 2.45. The van der Waals surface area contributed by atoms with Gasteiger partial charge in [0.15, 0.2) is 0 Å². The Morgan fingerprint density at radius 1 is 1.03 bits per heavy atom. The van der Waals surface area contributed by atoms with E-state index in [2.05, 4.69) is 86.9 Å². The lowest BCUT2D eigenvalue weighted by atomic mass is 9.72. The van der Waals surface area contributed by atoms with Crippen LogP contribution in [0.3, 0.4) is 0 Å². The molecule has 1 atom stereocenters. The van der Waals surface area contributed by atoms with Crippen molar-refractivity contribution >= 4 is 17.3 Å². The van der Waals surface area contributed by atoms with E-state index in [-0.39, 0.29) is 5.91 Å². The first-order chi connectivity index (χ1) is 13.8. The third-order valence-corrected chi connectivity index (χ3v) is 6.40. The Balaban J connectivity index is 2.16. The second kappa shape index (κ2) is 8.58. The molecule has 0 aliphatic carbocycles. The molecular weight excluding hydrogens is 358 g/mol. The largest absolute Gasteiger partial charge is 0.369 e. The molecule has 1 aliphatic heterocycles. The summed E-state index contributed by atoms with van der Waals surface area (Å²) in [6.45, 7) is 12.7. The van der Waals surface area contributed by atoms with Gasteiger partial charge in [-0.05, 0) is 70.7 Å². The molecule has 1 amide bonds. The van der Waals surface area contributed by atoms with Crippen LogP contribution < -0.4 is 10.6 Å². The fourth-order valence-electron chi connectivity index (χ4n) is 4.93. The molecule has 2 aromatic carbocycles. The molecule has 29 heavy (non-hydrogen) atoms. The molecule has 0 saturated heterocycles. The van der Waals surface area contributed by atoms with Crippen molar-refractivity contribution in [2.45, 2.75) is 65.0 Å². The minimum atomic E-state index is -0.724. The van der Waals surface area contributed by atoms with Gasteiger partial charge in [0.1, 0.15) is 0 Å². The summed E-state index contributed by atoms with van der Waals surface area (Å²) < 4.78 is 0. The van der Waals surface area contributed by atoms with Gasteiger partial charge in [-0.25, -0.2) is 0 Å². The third kappa shape index (κ3) is 3.91. The summed E-state index contributed by atoms with van der Waals surface area (Å²) in [6.07, 6.45) is 1.34. The van der Waals surface area contributed by atoms with Crippen LogP contribution in [-0.4, -0.2) is 36.0 Å². The average Bonchev–Trinajstić information content (AvgIpc) is 2.80. The van der Waals surface area contributed by atoms with Crippen LogP contribution in [0.2, 0.25) is 0 Å². The number of amides is 1. The third-order valence-electron chi connectivity index (χ3n) is 6.40. The Morgan fingerprint density at radius 3 is 2.21 bits per heavy atom. The minimum Gasteiger partial charge on any atom is -0.369 e. The number of hydrogen-bond acceptors (Lipinski definition) is 3. The summed E-state index contributed by atoms with van der Waals surface area (Å²) in [5, 5.41) is 0. The first-order valence-electron chi connectivity index (χ1n) is 10.8. The van der Waals surface area contributed by atoms with Gasteiger partial charge < -0.3 is 10.6 Å². The molecule has 1 aliphatic rings. The van der Waals surface area contributed by atoms with Gasteiger partial charge in [0, 0.05) is 36.5 Å². The summed E-state index contributed by atoms with van der Waals surface area (Å²) in [6, 6.07) is 17.6. The van der Waals surface area contributed by atoms with E-state index in [0.29, 0.717) is 24.9 Å². The van der Waals surface area contributed by atoms with E-state index in [0.717, 1.165) is 24.3 Å². The molecule has 0 bridgehead atoms. The first-order valence-corrected chi connectivity index (χ1v) is 10.8. The van der Waals surface area contributed by atoms with Crippen LogP contribution >= 0.6 is 0 Å². The Hall–Kier alpha value is -2.33. The maximum absolute atomic E-state index is 13.1. The molecule has 4 heteroatoms. The summed E-state index contributed by atoms with van der Waals surface area (Å²) in [5.74, 6) is -0.231. The van der Waals surface area contributed by atoms with Crippen LogP contribution in [0.1, 0.15) is 52.2 Å². The van der Waals surface area contributed by atoms with Gasteiger partial charge in [-0.2, -0.15) is 0 Å². The summed E-state index contributed by atoms with van der Waals surface area (Å²) >= 11 is 0. The second-order valence-corrected chi connectivity index (χ2v) is 8.69. The molecule has 0 saturated carbocycles. The minimum absolute atomic E-state index is 0.231. The number of benzene rings is 2. The van der Waals surface area contributed by atoms with Crippen molar-refractivity contribution in [2.24, 2.45) is 5.73 Å². The number of para-hydroxylation sites is 2. The van der Waals surface area contributed by atoms with Gasteiger partial charge in [-0.1, -0.05) is 36.4 Å². The quantitative estimate of drug-likeness (QED) is 0.746. The van der Waals surface area contributed by atoms with Crippen molar-refractivity contribution in [3.8, 4) is 0 Å². The van der Waals surface area contributed by atoms with Crippen LogP contribution in [-0.2, 0) is 16.6 Å². The van der Waals surface area contributed by atoms with Gasteiger partial charge in [0.2, 0.25) is 5.91 Å². The zero-order valence-corrected chi connectivity index (χ0v) is 18.5. The normalized spacial score (nSPS) is 18.7. The van der Waals surface area contributed by atoms with Crippen LogP contribution in [0.25, 0.3) is 0 Å². The topological polar surface area (TPSA) is 49.6 Å².